The number of nitrogens with two attached hydrogens (primary N) is 2. The average molecular weight is 271 g/mol. The normalized spacial score (nSPS) is 27.9. The molecule has 0 aromatic carbocycles. The number of primary amides is 2. The first kappa shape index (κ1) is 13.6. The number of fused-ring (bicyclic) bond motifs is 3. The number of carbonyl (C=O) groups excluding carboxylic acids is 3. The van der Waals surface area contributed by atoms with Gasteiger partial charge in [-0.05, 0) is 12.8 Å². The molecule has 3 saturated heterocycles. The van der Waals surface area contributed by atoms with E-state index < -0.39 is 17.7 Å². The minimum absolute atomic E-state index is 0.0764. The van der Waals surface area contributed by atoms with Gasteiger partial charge >= 0.3 is 12.2 Å². The second-order valence-corrected chi connectivity index (χ2v) is 4.87. The molecule has 0 saturated carbocycles. The molecule has 2 amide bonds. The first-order valence-corrected chi connectivity index (χ1v) is 6.09. The van der Waals surface area contributed by atoms with Crippen LogP contribution in [0.15, 0.2) is 0 Å². The van der Waals surface area contributed by atoms with E-state index >= 15 is 0 Å². The molecule has 0 radical (unpaired) electrons. The van der Waals surface area contributed by atoms with E-state index in [1.165, 1.54) is 0 Å². The van der Waals surface area contributed by atoms with Crippen molar-refractivity contribution in [2.45, 2.75) is 18.4 Å². The van der Waals surface area contributed by atoms with Gasteiger partial charge in [0.05, 0.1) is 0 Å². The summed E-state index contributed by atoms with van der Waals surface area (Å²) < 4.78 is 9.57. The maximum Gasteiger partial charge on any atom is 0.404 e. The van der Waals surface area contributed by atoms with Crippen molar-refractivity contribution in [3.05, 3.63) is 0 Å². The van der Waals surface area contributed by atoms with Crippen LogP contribution in [0.4, 0.5) is 9.59 Å². The highest BCUT2D eigenvalue weighted by atomic mass is 16.6. The Hall–Kier alpha value is -1.83. The molecule has 3 aliphatic heterocycles. The SMILES string of the molecule is NC(=O)OCC1(COC(N)=O)C(=O)C2CCN1CC2. The minimum Gasteiger partial charge on any atom is -0.447 e. The fourth-order valence-corrected chi connectivity index (χ4v) is 2.85. The largest absolute Gasteiger partial charge is 0.447 e. The fourth-order valence-electron chi connectivity index (χ4n) is 2.85. The number of ketones is 1. The van der Waals surface area contributed by atoms with Crippen LogP contribution in [0.25, 0.3) is 0 Å². The Morgan fingerprint density at radius 1 is 1.16 bits per heavy atom. The number of carbonyl (C=O) groups is 3. The lowest BCUT2D eigenvalue weighted by Crippen LogP contribution is -2.69. The summed E-state index contributed by atoms with van der Waals surface area (Å²) in [6, 6.07) is 0. The van der Waals surface area contributed by atoms with Gasteiger partial charge in [0.25, 0.3) is 0 Å². The van der Waals surface area contributed by atoms with Crippen molar-refractivity contribution >= 4 is 18.0 Å². The molecule has 8 nitrogen and oxygen atoms in total. The topological polar surface area (TPSA) is 125 Å². The summed E-state index contributed by atoms with van der Waals surface area (Å²) in [7, 11) is 0. The predicted molar refractivity (Wildman–Crippen MR) is 63.1 cm³/mol. The number of hydrogen-bond donors (Lipinski definition) is 2. The molecule has 0 spiro atoms. The van der Waals surface area contributed by atoms with Gasteiger partial charge in [-0.1, -0.05) is 0 Å². The first-order chi connectivity index (χ1) is 8.95. The maximum absolute atomic E-state index is 12.4. The third kappa shape index (κ3) is 2.48. The molecule has 19 heavy (non-hydrogen) atoms. The van der Waals surface area contributed by atoms with E-state index in [4.69, 9.17) is 20.9 Å². The molecule has 8 heteroatoms. The highest BCUT2D eigenvalue weighted by Gasteiger charge is 2.54. The molecule has 4 N–H and O–H groups in total. The Morgan fingerprint density at radius 3 is 2.00 bits per heavy atom. The van der Waals surface area contributed by atoms with Crippen molar-refractivity contribution < 1.29 is 23.9 Å². The van der Waals surface area contributed by atoms with Crippen molar-refractivity contribution in [2.75, 3.05) is 26.3 Å². The number of Topliss-reactive ketones (excluding diaryl/α,β-unsaturated/α-hetero) is 1. The predicted octanol–water partition coefficient (Wildman–Crippen LogP) is -0.789. The summed E-state index contributed by atoms with van der Waals surface area (Å²) in [5.41, 5.74) is 8.76. The van der Waals surface area contributed by atoms with E-state index in [2.05, 4.69) is 0 Å². The van der Waals surface area contributed by atoms with Crippen LogP contribution in [0.5, 0.6) is 0 Å². The number of ether oxygens (including phenoxy) is 2. The van der Waals surface area contributed by atoms with Gasteiger partial charge in [0.2, 0.25) is 0 Å². The summed E-state index contributed by atoms with van der Waals surface area (Å²) in [6.45, 7) is 0.956. The van der Waals surface area contributed by atoms with Crippen molar-refractivity contribution in [3.63, 3.8) is 0 Å². The Kier molecular flexibility index (Phi) is 3.61. The molecular weight excluding hydrogens is 254 g/mol. The third-order valence-corrected chi connectivity index (χ3v) is 3.84. The van der Waals surface area contributed by atoms with E-state index in [-0.39, 0.29) is 24.9 Å². The molecule has 3 rings (SSSR count). The first-order valence-electron chi connectivity index (χ1n) is 6.09. The number of rotatable bonds is 4. The third-order valence-electron chi connectivity index (χ3n) is 3.84. The molecule has 0 atom stereocenters. The van der Waals surface area contributed by atoms with E-state index in [1.807, 2.05) is 4.90 Å². The Bertz CT molecular complexity index is 385. The van der Waals surface area contributed by atoms with Gasteiger partial charge in [-0.3, -0.25) is 9.69 Å². The van der Waals surface area contributed by atoms with Gasteiger partial charge in [-0.2, -0.15) is 0 Å². The highest BCUT2D eigenvalue weighted by molar-refractivity contribution is 5.93. The zero-order valence-corrected chi connectivity index (χ0v) is 10.5. The lowest BCUT2D eigenvalue weighted by molar-refractivity contribution is -0.156. The van der Waals surface area contributed by atoms with Crippen LogP contribution in [0.1, 0.15) is 12.8 Å². The number of hydrogen-bond acceptors (Lipinski definition) is 6. The molecule has 3 aliphatic rings. The van der Waals surface area contributed by atoms with Gasteiger partial charge in [0.1, 0.15) is 18.8 Å². The Balaban J connectivity index is 2.19. The van der Waals surface area contributed by atoms with Crippen molar-refractivity contribution in [2.24, 2.45) is 17.4 Å². The Morgan fingerprint density at radius 2 is 1.63 bits per heavy atom. The number of nitrogens with zero attached hydrogens (tertiary/aromatic N) is 1. The number of piperidine rings is 3. The van der Waals surface area contributed by atoms with E-state index in [0.29, 0.717) is 13.1 Å². The monoisotopic (exact) mass is 271 g/mol. The zero-order valence-electron chi connectivity index (χ0n) is 10.5. The summed E-state index contributed by atoms with van der Waals surface area (Å²) in [5.74, 6) is -0.162. The van der Waals surface area contributed by atoms with Crippen LogP contribution in [0.3, 0.4) is 0 Å². The molecule has 0 unspecified atom stereocenters. The summed E-state index contributed by atoms with van der Waals surface area (Å²) in [6.07, 6.45) is -0.385. The van der Waals surface area contributed by atoms with Gasteiger partial charge in [0.15, 0.2) is 5.78 Å². The number of amides is 2. The molecule has 0 aromatic heterocycles. The van der Waals surface area contributed by atoms with Gasteiger partial charge in [-0.25, -0.2) is 9.59 Å². The van der Waals surface area contributed by atoms with Crippen LogP contribution < -0.4 is 11.5 Å². The second kappa shape index (κ2) is 5.04. The van der Waals surface area contributed by atoms with Crippen LogP contribution in [0.2, 0.25) is 0 Å². The van der Waals surface area contributed by atoms with Crippen molar-refractivity contribution in [1.82, 2.24) is 4.90 Å². The van der Waals surface area contributed by atoms with Crippen LogP contribution in [-0.4, -0.2) is 54.7 Å². The van der Waals surface area contributed by atoms with E-state index in [1.54, 1.807) is 0 Å². The summed E-state index contributed by atoms with van der Waals surface area (Å²) in [5, 5.41) is 0. The molecule has 3 heterocycles. The Labute approximate surface area is 110 Å². The average Bonchev–Trinajstić information content (AvgIpc) is 2.38. The van der Waals surface area contributed by atoms with Gasteiger partial charge in [-0.15, -0.1) is 0 Å². The molecule has 3 fully saturated rings. The fraction of sp³-hybridized carbons (Fsp3) is 0.727. The molecule has 2 bridgehead atoms. The summed E-state index contributed by atoms with van der Waals surface area (Å²) >= 11 is 0. The molecule has 0 aliphatic carbocycles. The minimum atomic E-state index is -1.13. The van der Waals surface area contributed by atoms with Crippen molar-refractivity contribution in [3.8, 4) is 0 Å². The van der Waals surface area contributed by atoms with Crippen molar-refractivity contribution in [1.29, 1.82) is 0 Å². The van der Waals surface area contributed by atoms with Crippen LogP contribution in [-0.2, 0) is 14.3 Å². The maximum atomic E-state index is 12.4. The molecule has 0 aromatic rings. The summed E-state index contributed by atoms with van der Waals surface area (Å²) in [4.78, 5) is 35.9. The quantitative estimate of drug-likeness (QED) is 0.690. The molecule has 106 valence electrons. The standard InChI is InChI=1S/C11H17N3O5/c12-9(16)18-5-11(6-19-10(13)17)8(15)7-1-3-14(11)4-2-7/h7H,1-6H2,(H2,12,16)(H2,13,17). The lowest BCUT2D eigenvalue weighted by Gasteiger charge is -2.51. The van der Waals surface area contributed by atoms with Gasteiger partial charge < -0.3 is 20.9 Å². The second-order valence-electron chi connectivity index (χ2n) is 4.87. The highest BCUT2D eigenvalue weighted by Crippen LogP contribution is 2.36. The van der Waals surface area contributed by atoms with Crippen LogP contribution >= 0.6 is 0 Å². The van der Waals surface area contributed by atoms with E-state index in [9.17, 15) is 14.4 Å². The van der Waals surface area contributed by atoms with E-state index in [0.717, 1.165) is 12.8 Å². The molecular formula is C11H17N3O5. The zero-order chi connectivity index (χ0) is 14.0. The smallest absolute Gasteiger partial charge is 0.404 e. The van der Waals surface area contributed by atoms with Crippen LogP contribution in [0, 0.1) is 5.92 Å². The lowest BCUT2D eigenvalue weighted by atomic mass is 9.74. The van der Waals surface area contributed by atoms with Gasteiger partial charge in [0, 0.05) is 19.0 Å².